The fraction of sp³-hybridized carbons (Fsp3) is 0.316. The van der Waals surface area contributed by atoms with Crippen molar-refractivity contribution in [2.24, 2.45) is 5.92 Å². The first-order chi connectivity index (χ1) is 11.9. The summed E-state index contributed by atoms with van der Waals surface area (Å²) in [5.41, 5.74) is 0.982. The molecule has 0 spiro atoms. The Morgan fingerprint density at radius 1 is 1.08 bits per heavy atom. The van der Waals surface area contributed by atoms with Gasteiger partial charge in [0.15, 0.2) is 5.60 Å². The average molecular weight is 357 g/mol. The van der Waals surface area contributed by atoms with Crippen LogP contribution in [0, 0.1) is 12.8 Å². The van der Waals surface area contributed by atoms with Gasteiger partial charge in [-0.15, -0.1) is 0 Å². The molecule has 5 nitrogen and oxygen atoms in total. The number of carbonyl (C=O) groups is 1. The smallest absolute Gasteiger partial charge is 0.307 e. The summed E-state index contributed by atoms with van der Waals surface area (Å²) in [7, 11) is -3.62. The van der Waals surface area contributed by atoms with Crippen molar-refractivity contribution >= 4 is 16.0 Å². The van der Waals surface area contributed by atoms with Crippen molar-refractivity contribution in [3.8, 4) is 0 Å². The summed E-state index contributed by atoms with van der Waals surface area (Å²) in [5.74, 6) is -0.427. The van der Waals surface area contributed by atoms with Crippen LogP contribution in [-0.4, -0.2) is 31.8 Å². The maximum absolute atomic E-state index is 13.0. The molecule has 130 valence electrons. The average Bonchev–Trinajstić information content (AvgIpc) is 3.10. The highest BCUT2D eigenvalue weighted by molar-refractivity contribution is 7.89. The van der Waals surface area contributed by atoms with E-state index in [4.69, 9.17) is 4.74 Å². The summed E-state index contributed by atoms with van der Waals surface area (Å²) < 4.78 is 33.2. The van der Waals surface area contributed by atoms with E-state index >= 15 is 0 Å². The van der Waals surface area contributed by atoms with E-state index in [0.29, 0.717) is 0 Å². The van der Waals surface area contributed by atoms with Gasteiger partial charge in [-0.3, -0.25) is 4.79 Å². The molecule has 2 aromatic rings. The number of hydrogen-bond donors (Lipinski definition) is 0. The fourth-order valence-corrected chi connectivity index (χ4v) is 5.30. The molecule has 25 heavy (non-hydrogen) atoms. The van der Waals surface area contributed by atoms with Gasteiger partial charge in [0, 0.05) is 12.5 Å². The number of ether oxygens (including phenoxy) is 1. The lowest BCUT2D eigenvalue weighted by Crippen LogP contribution is -2.36. The van der Waals surface area contributed by atoms with E-state index in [-0.39, 0.29) is 36.3 Å². The van der Waals surface area contributed by atoms with Gasteiger partial charge in [-0.1, -0.05) is 48.0 Å². The van der Waals surface area contributed by atoms with Gasteiger partial charge in [-0.25, -0.2) is 8.42 Å². The topological polar surface area (TPSA) is 63.7 Å². The number of benzene rings is 2. The molecular formula is C19H19NO4S. The van der Waals surface area contributed by atoms with E-state index in [2.05, 4.69) is 0 Å². The highest BCUT2D eigenvalue weighted by atomic mass is 32.2. The first-order valence-corrected chi connectivity index (χ1v) is 9.70. The third-order valence-corrected chi connectivity index (χ3v) is 6.95. The van der Waals surface area contributed by atoms with Crippen molar-refractivity contribution in [2.45, 2.75) is 23.8 Å². The Hall–Kier alpha value is -2.18. The van der Waals surface area contributed by atoms with Gasteiger partial charge in [0.25, 0.3) is 0 Å². The number of sulfonamides is 1. The number of esters is 1. The van der Waals surface area contributed by atoms with E-state index in [9.17, 15) is 13.2 Å². The molecule has 0 radical (unpaired) electrons. The van der Waals surface area contributed by atoms with E-state index in [1.54, 1.807) is 24.3 Å². The van der Waals surface area contributed by atoms with Crippen LogP contribution in [0.4, 0.5) is 0 Å². The van der Waals surface area contributed by atoms with Gasteiger partial charge in [-0.2, -0.15) is 4.31 Å². The van der Waals surface area contributed by atoms with Gasteiger partial charge in [-0.05, 0) is 24.6 Å². The molecule has 0 aliphatic carbocycles. The first-order valence-electron chi connectivity index (χ1n) is 8.26. The van der Waals surface area contributed by atoms with E-state index in [1.165, 1.54) is 4.31 Å². The molecule has 2 heterocycles. The maximum Gasteiger partial charge on any atom is 0.307 e. The second-order valence-corrected chi connectivity index (χ2v) is 8.68. The molecule has 0 saturated carbocycles. The van der Waals surface area contributed by atoms with Crippen molar-refractivity contribution in [1.29, 1.82) is 0 Å². The van der Waals surface area contributed by atoms with Crippen molar-refractivity contribution < 1.29 is 17.9 Å². The van der Waals surface area contributed by atoms with Gasteiger partial charge >= 0.3 is 5.97 Å². The number of rotatable bonds is 3. The number of carbonyl (C=O) groups excluding carboxylic acids is 1. The second-order valence-electron chi connectivity index (χ2n) is 6.74. The molecule has 0 unspecified atom stereocenters. The van der Waals surface area contributed by atoms with Crippen molar-refractivity contribution in [3.05, 3.63) is 65.7 Å². The number of nitrogens with zero attached hydrogens (tertiary/aromatic N) is 1. The Bertz CT molecular complexity index is 908. The molecule has 0 bridgehead atoms. The first kappa shape index (κ1) is 16.3. The normalized spacial score (nSPS) is 26.4. The minimum absolute atomic E-state index is 0.156. The Balaban J connectivity index is 1.71. The summed E-state index contributed by atoms with van der Waals surface area (Å²) in [4.78, 5) is 12.2. The van der Waals surface area contributed by atoms with Crippen LogP contribution in [0.15, 0.2) is 59.5 Å². The van der Waals surface area contributed by atoms with Crippen LogP contribution in [0.5, 0.6) is 0 Å². The molecule has 0 aromatic heterocycles. The Labute approximate surface area is 147 Å². The molecule has 4 rings (SSSR count). The molecule has 0 N–H and O–H groups in total. The number of aryl methyl sites for hydroxylation is 1. The Kier molecular flexibility index (Phi) is 3.70. The van der Waals surface area contributed by atoms with Crippen molar-refractivity contribution in [3.63, 3.8) is 0 Å². The summed E-state index contributed by atoms with van der Waals surface area (Å²) in [6, 6.07) is 16.3. The second kappa shape index (κ2) is 5.68. The van der Waals surface area contributed by atoms with Crippen molar-refractivity contribution in [1.82, 2.24) is 4.31 Å². The molecule has 2 saturated heterocycles. The third kappa shape index (κ3) is 2.56. The maximum atomic E-state index is 13.0. The SMILES string of the molecule is Cc1ccc(S(=O)(=O)N2C[C@@H]3CC(=O)O[C@@]3(c3ccccc3)C2)cc1. The van der Waals surface area contributed by atoms with Gasteiger partial charge in [0.1, 0.15) is 0 Å². The minimum Gasteiger partial charge on any atom is -0.452 e. The molecule has 2 aliphatic heterocycles. The Morgan fingerprint density at radius 3 is 2.44 bits per heavy atom. The number of fused-ring (bicyclic) bond motifs is 1. The molecular weight excluding hydrogens is 338 g/mol. The van der Waals surface area contributed by atoms with Crippen LogP contribution < -0.4 is 0 Å². The predicted octanol–water partition coefficient (Wildman–Crippen LogP) is 2.46. The fourth-order valence-electron chi connectivity index (χ4n) is 3.79. The van der Waals surface area contributed by atoms with Crippen LogP contribution >= 0.6 is 0 Å². The molecule has 6 heteroatoms. The van der Waals surface area contributed by atoms with Gasteiger partial charge in [0.05, 0.1) is 17.9 Å². The zero-order valence-electron chi connectivity index (χ0n) is 13.9. The van der Waals surface area contributed by atoms with Crippen LogP contribution in [-0.2, 0) is 25.2 Å². The van der Waals surface area contributed by atoms with Crippen LogP contribution in [0.25, 0.3) is 0 Å². The monoisotopic (exact) mass is 357 g/mol. The lowest BCUT2D eigenvalue weighted by Gasteiger charge is -2.28. The molecule has 2 atom stereocenters. The molecule has 2 fully saturated rings. The lowest BCUT2D eigenvalue weighted by atomic mass is 9.84. The van der Waals surface area contributed by atoms with E-state index in [0.717, 1.165) is 11.1 Å². The minimum atomic E-state index is -3.62. The highest BCUT2D eigenvalue weighted by Gasteiger charge is 2.58. The third-order valence-electron chi connectivity index (χ3n) is 5.12. The lowest BCUT2D eigenvalue weighted by molar-refractivity contribution is -0.149. The standard InChI is InChI=1S/C19H19NO4S/c1-14-7-9-17(10-8-14)25(22,23)20-12-16-11-18(21)24-19(16,13-20)15-5-3-2-4-6-15/h2-10,16H,11-13H2,1H3/t16-,19+/m0/s1. The van der Waals surface area contributed by atoms with Crippen LogP contribution in [0.3, 0.4) is 0 Å². The summed E-state index contributed by atoms with van der Waals surface area (Å²) in [5, 5.41) is 0. The zero-order chi connectivity index (χ0) is 17.7. The highest BCUT2D eigenvalue weighted by Crippen LogP contribution is 2.48. The Morgan fingerprint density at radius 2 is 1.76 bits per heavy atom. The van der Waals surface area contributed by atoms with Crippen LogP contribution in [0.2, 0.25) is 0 Å². The summed E-state index contributed by atoms with van der Waals surface area (Å²) in [6.45, 7) is 2.36. The largest absolute Gasteiger partial charge is 0.452 e. The summed E-state index contributed by atoms with van der Waals surface area (Å²) >= 11 is 0. The molecule has 0 amide bonds. The van der Waals surface area contributed by atoms with Crippen LogP contribution in [0.1, 0.15) is 17.5 Å². The van der Waals surface area contributed by atoms with Gasteiger partial charge < -0.3 is 4.74 Å². The molecule has 2 aliphatic rings. The number of hydrogen-bond acceptors (Lipinski definition) is 4. The van der Waals surface area contributed by atoms with E-state index < -0.39 is 15.6 Å². The predicted molar refractivity (Wildman–Crippen MR) is 92.3 cm³/mol. The summed E-state index contributed by atoms with van der Waals surface area (Å²) in [6.07, 6.45) is 0.245. The quantitative estimate of drug-likeness (QED) is 0.792. The zero-order valence-corrected chi connectivity index (χ0v) is 14.7. The van der Waals surface area contributed by atoms with E-state index in [1.807, 2.05) is 37.3 Å². The molecule has 2 aromatic carbocycles. The van der Waals surface area contributed by atoms with Crippen molar-refractivity contribution in [2.75, 3.05) is 13.1 Å². The van der Waals surface area contributed by atoms with Gasteiger partial charge in [0.2, 0.25) is 10.0 Å².